The largest absolute Gasteiger partial charge is 0.416 e. The van der Waals surface area contributed by atoms with Crippen LogP contribution in [0.15, 0.2) is 48.9 Å². The predicted molar refractivity (Wildman–Crippen MR) is 98.9 cm³/mol. The fraction of sp³-hybridized carbons (Fsp3) is 0.400. The van der Waals surface area contributed by atoms with Crippen LogP contribution < -0.4 is 4.90 Å². The van der Waals surface area contributed by atoms with Gasteiger partial charge < -0.3 is 9.30 Å². The Morgan fingerprint density at radius 2 is 2.04 bits per heavy atom. The van der Waals surface area contributed by atoms with Crippen LogP contribution in [0.25, 0.3) is 5.65 Å². The monoisotopic (exact) mass is 387 g/mol. The third-order valence-corrected chi connectivity index (χ3v) is 5.84. The van der Waals surface area contributed by atoms with Crippen molar-refractivity contribution in [1.82, 2.24) is 19.3 Å². The zero-order valence-corrected chi connectivity index (χ0v) is 15.2. The molecule has 146 valence electrons. The summed E-state index contributed by atoms with van der Waals surface area (Å²) >= 11 is 0. The summed E-state index contributed by atoms with van der Waals surface area (Å²) in [4.78, 5) is 13.3. The number of anilines is 1. The number of pyridine rings is 2. The van der Waals surface area contributed by atoms with Crippen molar-refractivity contribution in [2.45, 2.75) is 25.2 Å². The minimum atomic E-state index is -4.34. The Kier molecular flexibility index (Phi) is 4.04. The van der Waals surface area contributed by atoms with Gasteiger partial charge in [-0.3, -0.25) is 4.90 Å². The molecule has 0 aliphatic carbocycles. The number of hydrogen-bond donors (Lipinski definition) is 0. The van der Waals surface area contributed by atoms with Crippen molar-refractivity contribution >= 4 is 11.5 Å². The molecular weight excluding hydrogens is 367 g/mol. The summed E-state index contributed by atoms with van der Waals surface area (Å²) in [6, 6.07) is 8.42. The van der Waals surface area contributed by atoms with E-state index in [0.29, 0.717) is 24.3 Å². The van der Waals surface area contributed by atoms with Gasteiger partial charge in [0.2, 0.25) is 0 Å². The van der Waals surface area contributed by atoms with Crippen molar-refractivity contribution in [1.29, 1.82) is 0 Å². The lowest BCUT2D eigenvalue weighted by Gasteiger charge is -2.24. The molecule has 2 unspecified atom stereocenters. The maximum Gasteiger partial charge on any atom is 0.416 e. The molecule has 2 saturated heterocycles. The summed E-state index contributed by atoms with van der Waals surface area (Å²) in [5.41, 5.74) is 1.30. The number of likely N-dealkylation sites (tertiary alicyclic amines) is 1. The first-order chi connectivity index (χ1) is 13.5. The molecule has 2 fully saturated rings. The van der Waals surface area contributed by atoms with Crippen molar-refractivity contribution in [3.8, 4) is 0 Å². The van der Waals surface area contributed by atoms with Crippen molar-refractivity contribution in [2.75, 3.05) is 24.5 Å². The van der Waals surface area contributed by atoms with Gasteiger partial charge in [0, 0.05) is 44.3 Å². The Labute approximate surface area is 160 Å². The van der Waals surface area contributed by atoms with E-state index in [4.69, 9.17) is 0 Å². The highest BCUT2D eigenvalue weighted by Crippen LogP contribution is 2.36. The summed E-state index contributed by atoms with van der Waals surface area (Å²) in [5.74, 6) is 0.866. The van der Waals surface area contributed by atoms with Gasteiger partial charge in [0.25, 0.3) is 0 Å². The molecule has 5 rings (SSSR count). The number of alkyl halides is 3. The molecule has 2 atom stereocenters. The molecular formula is C20H20F3N5. The van der Waals surface area contributed by atoms with Gasteiger partial charge in [-0.25, -0.2) is 9.97 Å². The Bertz CT molecular complexity index is 966. The molecule has 0 N–H and O–H groups in total. The van der Waals surface area contributed by atoms with Crippen LogP contribution in [0.2, 0.25) is 0 Å². The quantitative estimate of drug-likeness (QED) is 0.690. The van der Waals surface area contributed by atoms with Crippen LogP contribution in [0.3, 0.4) is 0 Å². The van der Waals surface area contributed by atoms with Crippen LogP contribution in [-0.4, -0.2) is 44.9 Å². The van der Waals surface area contributed by atoms with E-state index in [1.54, 1.807) is 0 Å². The van der Waals surface area contributed by atoms with Crippen LogP contribution >= 0.6 is 0 Å². The first kappa shape index (κ1) is 17.5. The van der Waals surface area contributed by atoms with E-state index in [-0.39, 0.29) is 0 Å². The van der Waals surface area contributed by atoms with E-state index >= 15 is 0 Å². The second kappa shape index (κ2) is 6.48. The molecule has 2 aliphatic heterocycles. The highest BCUT2D eigenvalue weighted by Gasteiger charge is 2.42. The van der Waals surface area contributed by atoms with E-state index in [1.807, 2.05) is 39.9 Å². The number of fused-ring (bicyclic) bond motifs is 2. The van der Waals surface area contributed by atoms with Gasteiger partial charge in [-0.2, -0.15) is 13.2 Å². The lowest BCUT2D eigenvalue weighted by molar-refractivity contribution is -0.137. The average molecular weight is 387 g/mol. The highest BCUT2D eigenvalue weighted by molar-refractivity contribution is 5.44. The molecule has 2 aliphatic rings. The topological polar surface area (TPSA) is 36.7 Å². The maximum absolute atomic E-state index is 13.0. The molecule has 3 aromatic heterocycles. The first-order valence-corrected chi connectivity index (χ1v) is 9.42. The van der Waals surface area contributed by atoms with Crippen molar-refractivity contribution in [3.63, 3.8) is 0 Å². The third-order valence-electron chi connectivity index (χ3n) is 5.84. The summed E-state index contributed by atoms with van der Waals surface area (Å²) < 4.78 is 41.1. The Morgan fingerprint density at radius 1 is 1.14 bits per heavy atom. The molecule has 3 aromatic rings. The van der Waals surface area contributed by atoms with Gasteiger partial charge in [-0.05, 0) is 43.1 Å². The van der Waals surface area contributed by atoms with Crippen LogP contribution in [0, 0.1) is 5.92 Å². The number of rotatable bonds is 3. The highest BCUT2D eigenvalue weighted by atomic mass is 19.4. The zero-order chi connectivity index (χ0) is 19.3. The number of imidazole rings is 1. The van der Waals surface area contributed by atoms with Gasteiger partial charge in [-0.1, -0.05) is 6.07 Å². The average Bonchev–Trinajstić information content (AvgIpc) is 3.36. The fourth-order valence-electron chi connectivity index (χ4n) is 4.47. The number of hydrogen-bond acceptors (Lipinski definition) is 4. The third kappa shape index (κ3) is 3.11. The molecule has 0 amide bonds. The van der Waals surface area contributed by atoms with E-state index in [2.05, 4.69) is 14.9 Å². The summed E-state index contributed by atoms with van der Waals surface area (Å²) in [5, 5.41) is 0. The second-order valence-corrected chi connectivity index (χ2v) is 7.59. The molecule has 5 heterocycles. The second-order valence-electron chi connectivity index (χ2n) is 7.59. The molecule has 0 bridgehead atoms. The first-order valence-electron chi connectivity index (χ1n) is 9.42. The molecule has 8 heteroatoms. The van der Waals surface area contributed by atoms with E-state index < -0.39 is 11.7 Å². The maximum atomic E-state index is 13.0. The Hall–Kier alpha value is -2.61. The van der Waals surface area contributed by atoms with E-state index in [1.165, 1.54) is 6.20 Å². The molecule has 0 spiro atoms. The molecule has 0 saturated carbocycles. The molecule has 28 heavy (non-hydrogen) atoms. The van der Waals surface area contributed by atoms with Crippen LogP contribution in [0.1, 0.15) is 17.7 Å². The number of aromatic nitrogens is 3. The predicted octanol–water partition coefficient (Wildman–Crippen LogP) is 3.46. The summed E-state index contributed by atoms with van der Waals surface area (Å²) in [6.45, 7) is 3.20. The van der Waals surface area contributed by atoms with Gasteiger partial charge >= 0.3 is 6.18 Å². The Balaban J connectivity index is 1.32. The van der Waals surface area contributed by atoms with Crippen LogP contribution in [0.5, 0.6) is 0 Å². The lowest BCUT2D eigenvalue weighted by atomic mass is 10.1. The SMILES string of the molecule is FC(F)(F)c1ccnc(N2CC3CCN(Cc4cn5ccccc5n4)C3C2)c1. The standard InChI is InChI=1S/C20H20F3N5/c21-20(22,23)15-4-6-24-19(9-15)28-10-14-5-8-26(17(14)13-28)11-16-12-27-7-2-1-3-18(27)25-16/h1-4,6-7,9,12,14,17H,5,8,10-11,13H2. The van der Waals surface area contributed by atoms with Gasteiger partial charge in [0.15, 0.2) is 0 Å². The smallest absolute Gasteiger partial charge is 0.355 e. The van der Waals surface area contributed by atoms with Crippen molar-refractivity contribution in [3.05, 3.63) is 60.2 Å². The van der Waals surface area contributed by atoms with Gasteiger partial charge in [0.05, 0.1) is 11.3 Å². The van der Waals surface area contributed by atoms with E-state index in [9.17, 15) is 13.2 Å². The van der Waals surface area contributed by atoms with Crippen LogP contribution in [-0.2, 0) is 12.7 Å². The van der Waals surface area contributed by atoms with Crippen molar-refractivity contribution < 1.29 is 13.2 Å². The fourth-order valence-corrected chi connectivity index (χ4v) is 4.47. The number of halogens is 3. The minimum Gasteiger partial charge on any atom is -0.355 e. The van der Waals surface area contributed by atoms with E-state index in [0.717, 1.165) is 49.5 Å². The summed E-state index contributed by atoms with van der Waals surface area (Å²) in [7, 11) is 0. The lowest BCUT2D eigenvalue weighted by Crippen LogP contribution is -2.35. The molecule has 0 aromatic carbocycles. The minimum absolute atomic E-state index is 0.321. The van der Waals surface area contributed by atoms with Crippen LogP contribution in [0.4, 0.5) is 19.0 Å². The van der Waals surface area contributed by atoms with Gasteiger partial charge in [0.1, 0.15) is 11.5 Å². The normalized spacial score (nSPS) is 22.9. The molecule has 0 radical (unpaired) electrons. The summed E-state index contributed by atoms with van der Waals surface area (Å²) in [6.07, 6.45) is 1.98. The molecule has 5 nitrogen and oxygen atoms in total. The Morgan fingerprint density at radius 3 is 2.86 bits per heavy atom. The van der Waals surface area contributed by atoms with Crippen molar-refractivity contribution in [2.24, 2.45) is 5.92 Å². The number of nitrogens with zero attached hydrogens (tertiary/aromatic N) is 5. The van der Waals surface area contributed by atoms with Gasteiger partial charge in [-0.15, -0.1) is 0 Å². The zero-order valence-electron chi connectivity index (χ0n) is 15.2.